The van der Waals surface area contributed by atoms with Crippen LogP contribution in [0.15, 0.2) is 48.5 Å². The third-order valence-electron chi connectivity index (χ3n) is 4.52. The molecule has 0 atom stereocenters. The smallest absolute Gasteiger partial charge is 0.152 e. The van der Waals surface area contributed by atoms with Gasteiger partial charge in [-0.1, -0.05) is 30.3 Å². The van der Waals surface area contributed by atoms with Crippen LogP contribution in [-0.4, -0.2) is 25.2 Å². The molecular formula is C22H24N4O2. The zero-order chi connectivity index (χ0) is 19.9. The van der Waals surface area contributed by atoms with Crippen LogP contribution >= 0.6 is 0 Å². The molecule has 3 N–H and O–H groups in total. The van der Waals surface area contributed by atoms with Gasteiger partial charge < -0.3 is 20.1 Å². The Morgan fingerprint density at radius 3 is 2.43 bits per heavy atom. The number of rotatable bonds is 4. The van der Waals surface area contributed by atoms with Gasteiger partial charge in [0.1, 0.15) is 29.3 Å². The van der Waals surface area contributed by atoms with E-state index in [1.165, 1.54) is 0 Å². The topological polar surface area (TPSA) is 86.2 Å². The Morgan fingerprint density at radius 1 is 1.04 bits per heavy atom. The van der Waals surface area contributed by atoms with Crippen molar-refractivity contribution in [2.45, 2.75) is 39.5 Å². The minimum Gasteiger partial charge on any atom is -0.488 e. The molecule has 0 aliphatic carbocycles. The summed E-state index contributed by atoms with van der Waals surface area (Å²) in [6, 6.07) is 15.8. The molecule has 0 fully saturated rings. The minimum atomic E-state index is -0.241. The molecule has 0 aliphatic rings. The van der Waals surface area contributed by atoms with Crippen LogP contribution in [0.25, 0.3) is 21.9 Å². The number of anilines is 1. The lowest BCUT2D eigenvalue weighted by Crippen LogP contribution is -2.22. The van der Waals surface area contributed by atoms with Crippen molar-refractivity contribution >= 4 is 27.8 Å². The average molecular weight is 376 g/mol. The molecule has 6 nitrogen and oxygen atoms in total. The maximum absolute atomic E-state index is 9.87. The summed E-state index contributed by atoms with van der Waals surface area (Å²) in [6.07, 6.45) is 0. The molecule has 144 valence electrons. The van der Waals surface area contributed by atoms with E-state index < -0.39 is 0 Å². The van der Waals surface area contributed by atoms with Crippen LogP contribution in [0.1, 0.15) is 32.2 Å². The first-order chi connectivity index (χ1) is 13.4. The molecular weight excluding hydrogens is 352 g/mol. The van der Waals surface area contributed by atoms with Crippen LogP contribution < -0.4 is 10.5 Å². The van der Waals surface area contributed by atoms with E-state index in [0.717, 1.165) is 27.7 Å². The number of fused-ring (bicyclic) bond motifs is 3. The van der Waals surface area contributed by atoms with E-state index >= 15 is 0 Å². The highest BCUT2D eigenvalue weighted by molar-refractivity contribution is 6.06. The monoisotopic (exact) mass is 376 g/mol. The first kappa shape index (κ1) is 18.3. The molecule has 0 saturated carbocycles. The molecule has 2 aromatic heterocycles. The fourth-order valence-corrected chi connectivity index (χ4v) is 3.39. The summed E-state index contributed by atoms with van der Waals surface area (Å²) in [5.41, 5.74) is 9.31. The number of ether oxygens (including phenoxy) is 1. The van der Waals surface area contributed by atoms with Crippen molar-refractivity contribution in [1.82, 2.24) is 14.5 Å². The van der Waals surface area contributed by atoms with E-state index in [1.807, 2.05) is 73.9 Å². The van der Waals surface area contributed by atoms with Crippen LogP contribution in [0.2, 0.25) is 0 Å². The van der Waals surface area contributed by atoms with E-state index in [-0.39, 0.29) is 12.2 Å². The van der Waals surface area contributed by atoms with E-state index in [2.05, 4.69) is 9.97 Å². The largest absolute Gasteiger partial charge is 0.488 e. The average Bonchev–Trinajstić information content (AvgIpc) is 3.02. The predicted molar refractivity (Wildman–Crippen MR) is 111 cm³/mol. The van der Waals surface area contributed by atoms with Crippen LogP contribution in [0.3, 0.4) is 0 Å². The van der Waals surface area contributed by atoms with Gasteiger partial charge in [-0.15, -0.1) is 0 Å². The lowest BCUT2D eigenvalue weighted by atomic mass is 10.1. The van der Waals surface area contributed by atoms with E-state index in [0.29, 0.717) is 23.7 Å². The van der Waals surface area contributed by atoms with Gasteiger partial charge in [0.2, 0.25) is 0 Å². The quantitative estimate of drug-likeness (QED) is 0.564. The highest BCUT2D eigenvalue weighted by atomic mass is 16.5. The number of para-hydroxylation sites is 1. The summed E-state index contributed by atoms with van der Waals surface area (Å²) >= 11 is 0. The minimum absolute atomic E-state index is 0.173. The second-order valence-corrected chi connectivity index (χ2v) is 7.84. The molecule has 0 bridgehead atoms. The van der Waals surface area contributed by atoms with Crippen molar-refractivity contribution in [3.8, 4) is 5.75 Å². The van der Waals surface area contributed by atoms with Crippen molar-refractivity contribution in [2.75, 3.05) is 5.73 Å². The second-order valence-electron chi connectivity index (χ2n) is 7.84. The van der Waals surface area contributed by atoms with Crippen molar-refractivity contribution < 1.29 is 9.84 Å². The number of pyridine rings is 1. The fourth-order valence-electron chi connectivity index (χ4n) is 3.39. The Hall–Kier alpha value is -3.12. The second kappa shape index (κ2) is 6.80. The SMILES string of the molecule is CC(C)(C)Oc1ccc(Cn2c(CO)nc3c(N)nc4ccccc4c32)cc1. The number of nitrogens with two attached hydrogens (primary N) is 1. The van der Waals surface area contributed by atoms with E-state index in [4.69, 9.17) is 10.5 Å². The first-order valence-electron chi connectivity index (χ1n) is 9.28. The summed E-state index contributed by atoms with van der Waals surface area (Å²) in [7, 11) is 0. The number of aliphatic hydroxyl groups is 1. The Kier molecular flexibility index (Phi) is 4.43. The maximum atomic E-state index is 9.87. The number of nitrogens with zero attached hydrogens (tertiary/aromatic N) is 3. The highest BCUT2D eigenvalue weighted by Crippen LogP contribution is 2.29. The molecule has 2 aromatic carbocycles. The highest BCUT2D eigenvalue weighted by Gasteiger charge is 2.17. The summed E-state index contributed by atoms with van der Waals surface area (Å²) < 4.78 is 7.91. The number of hydrogen-bond acceptors (Lipinski definition) is 5. The lowest BCUT2D eigenvalue weighted by molar-refractivity contribution is 0.131. The Morgan fingerprint density at radius 2 is 1.75 bits per heavy atom. The van der Waals surface area contributed by atoms with Gasteiger partial charge in [-0.2, -0.15) is 0 Å². The van der Waals surface area contributed by atoms with E-state index in [9.17, 15) is 5.11 Å². The Labute approximate surface area is 163 Å². The molecule has 0 saturated heterocycles. The molecule has 6 heteroatoms. The number of aliphatic hydroxyl groups excluding tert-OH is 1. The van der Waals surface area contributed by atoms with Crippen LogP contribution in [0, 0.1) is 0 Å². The Balaban J connectivity index is 1.80. The van der Waals surface area contributed by atoms with Crippen molar-refractivity contribution in [3.63, 3.8) is 0 Å². The van der Waals surface area contributed by atoms with E-state index in [1.54, 1.807) is 0 Å². The zero-order valence-electron chi connectivity index (χ0n) is 16.3. The number of nitrogen functional groups attached to an aromatic ring is 1. The fraction of sp³-hybridized carbons (Fsp3) is 0.273. The maximum Gasteiger partial charge on any atom is 0.152 e. The number of benzene rings is 2. The molecule has 0 spiro atoms. The molecule has 0 unspecified atom stereocenters. The normalized spacial score (nSPS) is 12.0. The summed E-state index contributed by atoms with van der Waals surface area (Å²) in [5.74, 6) is 1.76. The lowest BCUT2D eigenvalue weighted by Gasteiger charge is -2.21. The Bertz CT molecular complexity index is 1140. The molecule has 0 amide bonds. The third-order valence-corrected chi connectivity index (χ3v) is 4.52. The first-order valence-corrected chi connectivity index (χ1v) is 9.28. The van der Waals surface area contributed by atoms with Crippen LogP contribution in [0.4, 0.5) is 5.82 Å². The standard InChI is InChI=1S/C22H24N4O2/c1-22(2,3)28-15-10-8-14(9-11-15)12-26-18(13-27)25-19-20(26)16-6-4-5-7-17(16)24-21(19)23/h4-11,27H,12-13H2,1-3H3,(H2,23,24). The van der Waals surface area contributed by atoms with Gasteiger partial charge in [0.15, 0.2) is 5.82 Å². The van der Waals surface area contributed by atoms with Crippen molar-refractivity contribution in [3.05, 3.63) is 59.9 Å². The van der Waals surface area contributed by atoms with Crippen LogP contribution in [0.5, 0.6) is 5.75 Å². The van der Waals surface area contributed by atoms with Crippen molar-refractivity contribution in [1.29, 1.82) is 0 Å². The molecule has 28 heavy (non-hydrogen) atoms. The van der Waals surface area contributed by atoms with Gasteiger partial charge in [-0.25, -0.2) is 9.97 Å². The molecule has 4 aromatic rings. The number of imidazole rings is 1. The molecule has 2 heterocycles. The number of aromatic nitrogens is 3. The van der Waals surface area contributed by atoms with Gasteiger partial charge in [-0.3, -0.25) is 0 Å². The van der Waals surface area contributed by atoms with Gasteiger partial charge >= 0.3 is 0 Å². The summed E-state index contributed by atoms with van der Waals surface area (Å²) in [4.78, 5) is 8.99. The van der Waals surface area contributed by atoms with Gasteiger partial charge in [0.25, 0.3) is 0 Å². The molecule has 0 aliphatic heterocycles. The third kappa shape index (κ3) is 3.39. The van der Waals surface area contributed by atoms with Crippen LogP contribution in [-0.2, 0) is 13.2 Å². The molecule has 0 radical (unpaired) electrons. The van der Waals surface area contributed by atoms with Gasteiger partial charge in [0.05, 0.1) is 11.0 Å². The zero-order valence-corrected chi connectivity index (χ0v) is 16.3. The number of hydrogen-bond donors (Lipinski definition) is 2. The summed E-state index contributed by atoms with van der Waals surface area (Å²) in [5, 5.41) is 10.8. The van der Waals surface area contributed by atoms with Gasteiger partial charge in [0, 0.05) is 11.9 Å². The van der Waals surface area contributed by atoms with Crippen molar-refractivity contribution in [2.24, 2.45) is 0 Å². The molecule has 4 rings (SSSR count). The predicted octanol–water partition coefficient (Wildman–Crippen LogP) is 3.88. The summed E-state index contributed by atoms with van der Waals surface area (Å²) in [6.45, 7) is 6.46. The van der Waals surface area contributed by atoms with Gasteiger partial charge in [-0.05, 0) is 44.5 Å².